The molecule has 10 heteroatoms. The van der Waals surface area contributed by atoms with Crippen molar-refractivity contribution in [2.24, 2.45) is 0 Å². The van der Waals surface area contributed by atoms with E-state index in [4.69, 9.17) is 16.3 Å². The summed E-state index contributed by atoms with van der Waals surface area (Å²) < 4.78 is 42.7. The van der Waals surface area contributed by atoms with Crippen molar-refractivity contribution in [2.75, 3.05) is 0 Å². The minimum atomic E-state index is -4.69. The van der Waals surface area contributed by atoms with Crippen molar-refractivity contribution in [1.82, 2.24) is 9.97 Å². The van der Waals surface area contributed by atoms with E-state index in [9.17, 15) is 23.3 Å². The zero-order valence-electron chi connectivity index (χ0n) is 9.96. The normalized spacial score (nSPS) is 11.2. The fourth-order valence-electron chi connectivity index (χ4n) is 1.41. The molecule has 1 aromatic heterocycles. The van der Waals surface area contributed by atoms with Crippen LogP contribution in [0.5, 0.6) is 11.6 Å². The Labute approximate surface area is 120 Å². The summed E-state index contributed by atoms with van der Waals surface area (Å²) in [6.07, 6.45) is -3.46. The van der Waals surface area contributed by atoms with Crippen LogP contribution in [0.2, 0.25) is 5.28 Å². The quantitative estimate of drug-likeness (QED) is 0.488. The van der Waals surface area contributed by atoms with E-state index >= 15 is 0 Å². The highest BCUT2D eigenvalue weighted by Crippen LogP contribution is 2.37. The van der Waals surface area contributed by atoms with Gasteiger partial charge >= 0.3 is 11.9 Å². The van der Waals surface area contributed by atoms with Crippen LogP contribution in [0, 0.1) is 10.1 Å². The van der Waals surface area contributed by atoms with Gasteiger partial charge in [-0.15, -0.1) is 0 Å². The number of alkyl halides is 3. The van der Waals surface area contributed by atoms with Crippen molar-refractivity contribution >= 4 is 17.3 Å². The number of ether oxygens (including phenoxy) is 1. The standard InChI is InChI=1S/C11H5ClF3N3O3/c12-10-16-4-3-9(17-10)21-8-2-1-6(11(13,14)15)5-7(8)18(19)20/h1-5H. The number of aromatic nitrogens is 2. The topological polar surface area (TPSA) is 78.2 Å². The molecule has 21 heavy (non-hydrogen) atoms. The van der Waals surface area contributed by atoms with Gasteiger partial charge < -0.3 is 4.74 Å². The second kappa shape index (κ2) is 5.52. The third kappa shape index (κ3) is 3.57. The number of hydrogen-bond donors (Lipinski definition) is 0. The molecule has 1 heterocycles. The van der Waals surface area contributed by atoms with Gasteiger partial charge in [-0.25, -0.2) is 4.98 Å². The van der Waals surface area contributed by atoms with Crippen molar-refractivity contribution in [1.29, 1.82) is 0 Å². The summed E-state index contributed by atoms with van der Waals surface area (Å²) in [6.45, 7) is 0. The van der Waals surface area contributed by atoms with E-state index in [0.29, 0.717) is 12.1 Å². The number of nitro benzene ring substituents is 1. The largest absolute Gasteiger partial charge is 0.432 e. The molecule has 2 rings (SSSR count). The lowest BCUT2D eigenvalue weighted by Gasteiger charge is -2.09. The second-order valence-corrected chi connectivity index (χ2v) is 4.04. The highest BCUT2D eigenvalue weighted by Gasteiger charge is 2.33. The molecular formula is C11H5ClF3N3O3. The molecule has 6 nitrogen and oxygen atoms in total. The average Bonchev–Trinajstić information content (AvgIpc) is 2.37. The molecule has 0 radical (unpaired) electrons. The Kier molecular flexibility index (Phi) is 3.94. The van der Waals surface area contributed by atoms with Crippen LogP contribution in [0.3, 0.4) is 0 Å². The Balaban J connectivity index is 2.42. The molecule has 0 saturated carbocycles. The van der Waals surface area contributed by atoms with Crippen LogP contribution < -0.4 is 4.74 Å². The Hall–Kier alpha value is -2.42. The predicted octanol–water partition coefficient (Wildman–Crippen LogP) is 3.85. The smallest absolute Gasteiger partial charge is 0.416 e. The van der Waals surface area contributed by atoms with E-state index in [1.807, 2.05) is 0 Å². The van der Waals surface area contributed by atoms with Gasteiger partial charge in [0, 0.05) is 18.3 Å². The molecule has 0 amide bonds. The van der Waals surface area contributed by atoms with Crippen molar-refractivity contribution in [2.45, 2.75) is 6.18 Å². The third-order valence-electron chi connectivity index (χ3n) is 2.30. The number of rotatable bonds is 3. The molecule has 0 spiro atoms. The zero-order chi connectivity index (χ0) is 15.6. The van der Waals surface area contributed by atoms with E-state index in [2.05, 4.69) is 9.97 Å². The van der Waals surface area contributed by atoms with Gasteiger partial charge in [0.1, 0.15) is 0 Å². The second-order valence-electron chi connectivity index (χ2n) is 3.70. The summed E-state index contributed by atoms with van der Waals surface area (Å²) in [5.41, 5.74) is -1.98. The Morgan fingerprint density at radius 3 is 2.57 bits per heavy atom. The molecule has 1 aromatic carbocycles. The van der Waals surface area contributed by atoms with Gasteiger partial charge in [-0.3, -0.25) is 10.1 Å². The lowest BCUT2D eigenvalue weighted by Crippen LogP contribution is -2.06. The van der Waals surface area contributed by atoms with Crippen molar-refractivity contribution < 1.29 is 22.8 Å². The van der Waals surface area contributed by atoms with Gasteiger partial charge in [-0.05, 0) is 23.7 Å². The number of halogens is 4. The Morgan fingerprint density at radius 2 is 2.00 bits per heavy atom. The molecular weight excluding hydrogens is 315 g/mol. The van der Waals surface area contributed by atoms with E-state index in [1.165, 1.54) is 12.3 Å². The molecule has 0 saturated heterocycles. The van der Waals surface area contributed by atoms with Crippen molar-refractivity contribution in [3.8, 4) is 11.6 Å². The first-order chi connectivity index (χ1) is 9.77. The van der Waals surface area contributed by atoms with E-state index < -0.39 is 22.4 Å². The first-order valence-electron chi connectivity index (χ1n) is 5.29. The maximum Gasteiger partial charge on any atom is 0.416 e. The van der Waals surface area contributed by atoms with Crippen LogP contribution in [0.1, 0.15) is 5.56 Å². The van der Waals surface area contributed by atoms with E-state index in [1.54, 1.807) is 0 Å². The highest BCUT2D eigenvalue weighted by molar-refractivity contribution is 6.28. The van der Waals surface area contributed by atoms with Gasteiger partial charge in [0.2, 0.25) is 16.9 Å². The lowest BCUT2D eigenvalue weighted by molar-refractivity contribution is -0.385. The first-order valence-corrected chi connectivity index (χ1v) is 5.67. The number of nitrogens with zero attached hydrogens (tertiary/aromatic N) is 3. The molecule has 0 aliphatic heterocycles. The van der Waals surface area contributed by atoms with Gasteiger partial charge in [0.05, 0.1) is 10.5 Å². The Bertz CT molecular complexity index is 694. The van der Waals surface area contributed by atoms with Gasteiger partial charge in [-0.2, -0.15) is 18.2 Å². The summed E-state index contributed by atoms with van der Waals surface area (Å²) in [6, 6.07) is 3.16. The van der Waals surface area contributed by atoms with Gasteiger partial charge in [-0.1, -0.05) is 0 Å². The highest BCUT2D eigenvalue weighted by atomic mass is 35.5. The number of benzene rings is 1. The average molecular weight is 320 g/mol. The zero-order valence-corrected chi connectivity index (χ0v) is 10.7. The SMILES string of the molecule is O=[N+]([O-])c1cc(C(F)(F)F)ccc1Oc1ccnc(Cl)n1. The molecule has 110 valence electrons. The number of hydrogen-bond acceptors (Lipinski definition) is 5. The van der Waals surface area contributed by atoms with Gasteiger partial charge in [0.15, 0.2) is 0 Å². The maximum absolute atomic E-state index is 12.5. The molecule has 0 aliphatic carbocycles. The molecule has 0 fully saturated rings. The maximum atomic E-state index is 12.5. The van der Waals surface area contributed by atoms with Crippen molar-refractivity contribution in [3.63, 3.8) is 0 Å². The molecule has 0 unspecified atom stereocenters. The fourth-order valence-corrected chi connectivity index (χ4v) is 1.55. The van der Waals surface area contributed by atoms with Crippen LogP contribution in [0.15, 0.2) is 30.5 Å². The predicted molar refractivity (Wildman–Crippen MR) is 65.2 cm³/mol. The van der Waals surface area contributed by atoms with Crippen LogP contribution >= 0.6 is 11.6 Å². The first kappa shape index (κ1) is 15.0. The minimum Gasteiger partial charge on any atom is -0.432 e. The monoisotopic (exact) mass is 319 g/mol. The van der Waals surface area contributed by atoms with Crippen LogP contribution in [-0.4, -0.2) is 14.9 Å². The third-order valence-corrected chi connectivity index (χ3v) is 2.48. The molecule has 0 atom stereocenters. The summed E-state index contributed by atoms with van der Waals surface area (Å²) in [5, 5.41) is 10.7. The van der Waals surface area contributed by atoms with Crippen LogP contribution in [0.25, 0.3) is 0 Å². The summed E-state index contributed by atoms with van der Waals surface area (Å²) in [4.78, 5) is 17.1. The lowest BCUT2D eigenvalue weighted by atomic mass is 10.2. The summed E-state index contributed by atoms with van der Waals surface area (Å²) >= 11 is 5.51. The summed E-state index contributed by atoms with van der Waals surface area (Å²) in [5.74, 6) is -0.513. The van der Waals surface area contributed by atoms with E-state index in [-0.39, 0.29) is 16.9 Å². The van der Waals surface area contributed by atoms with E-state index in [0.717, 1.165) is 6.07 Å². The van der Waals surface area contributed by atoms with Crippen molar-refractivity contribution in [3.05, 3.63) is 51.4 Å². The fraction of sp³-hybridized carbons (Fsp3) is 0.0909. The number of nitro groups is 1. The molecule has 0 N–H and O–H groups in total. The van der Waals surface area contributed by atoms with Crippen LogP contribution in [-0.2, 0) is 6.18 Å². The molecule has 2 aromatic rings. The molecule has 0 aliphatic rings. The Morgan fingerprint density at radius 1 is 1.29 bits per heavy atom. The molecule has 0 bridgehead atoms. The van der Waals surface area contributed by atoms with Gasteiger partial charge in [0.25, 0.3) is 0 Å². The van der Waals surface area contributed by atoms with Crippen LogP contribution in [0.4, 0.5) is 18.9 Å². The summed E-state index contributed by atoms with van der Waals surface area (Å²) in [7, 11) is 0. The minimum absolute atomic E-state index is 0.127.